The van der Waals surface area contributed by atoms with E-state index in [1.807, 2.05) is 13.8 Å². The number of non-ortho nitro benzene ring substituents is 2. The number of carbonyl (C=O) groups is 2. The highest BCUT2D eigenvalue weighted by Crippen LogP contribution is 2.40. The van der Waals surface area contributed by atoms with Crippen LogP contribution < -0.4 is 0 Å². The molecule has 2 aromatic carbocycles. The van der Waals surface area contributed by atoms with Crippen LogP contribution in [0.15, 0.2) is 54.1 Å². The molecule has 1 saturated heterocycles. The third-order valence-electron chi connectivity index (χ3n) is 5.84. The Labute approximate surface area is 195 Å². The van der Waals surface area contributed by atoms with Crippen LogP contribution in [0.5, 0.6) is 0 Å². The molecule has 1 N–H and O–H groups in total. The highest BCUT2D eigenvalue weighted by Gasteiger charge is 2.46. The SMILES string of the molecule is CCN(CC)CCN1C(=O)C(=O)C(=C(O)c2ccc([N+](=O)[O-])cc2)[C@H]1c1cccc([N+](=O)[O-])c1. The molecule has 1 heterocycles. The number of rotatable bonds is 9. The molecule has 1 atom stereocenters. The summed E-state index contributed by atoms with van der Waals surface area (Å²) in [6.45, 7) is 6.00. The van der Waals surface area contributed by atoms with Crippen LogP contribution in [-0.2, 0) is 9.59 Å². The van der Waals surface area contributed by atoms with Crippen LogP contribution in [0.1, 0.15) is 31.0 Å². The number of carbonyl (C=O) groups excluding carboxylic acids is 2. The summed E-state index contributed by atoms with van der Waals surface area (Å²) in [7, 11) is 0. The zero-order valence-corrected chi connectivity index (χ0v) is 18.7. The lowest BCUT2D eigenvalue weighted by Gasteiger charge is -2.28. The van der Waals surface area contributed by atoms with Crippen molar-refractivity contribution in [1.29, 1.82) is 0 Å². The minimum Gasteiger partial charge on any atom is -0.507 e. The van der Waals surface area contributed by atoms with Crippen LogP contribution in [0.25, 0.3) is 5.76 Å². The molecular weight excluding hydrogens is 444 g/mol. The van der Waals surface area contributed by atoms with Gasteiger partial charge in [0, 0.05) is 42.9 Å². The van der Waals surface area contributed by atoms with Crippen LogP contribution >= 0.6 is 0 Å². The number of aliphatic hydroxyl groups is 1. The van der Waals surface area contributed by atoms with E-state index in [0.29, 0.717) is 12.1 Å². The lowest BCUT2D eigenvalue weighted by molar-refractivity contribution is -0.385. The van der Waals surface area contributed by atoms with Gasteiger partial charge in [0.2, 0.25) is 0 Å². The van der Waals surface area contributed by atoms with Crippen molar-refractivity contribution in [3.8, 4) is 0 Å². The second-order valence-electron chi connectivity index (χ2n) is 7.68. The maximum absolute atomic E-state index is 13.0. The molecule has 3 rings (SSSR count). The number of hydrogen-bond donors (Lipinski definition) is 1. The van der Waals surface area contributed by atoms with E-state index in [0.717, 1.165) is 13.1 Å². The largest absolute Gasteiger partial charge is 0.507 e. The van der Waals surface area contributed by atoms with Gasteiger partial charge in [0.1, 0.15) is 5.76 Å². The van der Waals surface area contributed by atoms with Crippen LogP contribution in [0.4, 0.5) is 11.4 Å². The van der Waals surface area contributed by atoms with Crippen LogP contribution in [0.2, 0.25) is 0 Å². The van der Waals surface area contributed by atoms with Crippen molar-refractivity contribution in [2.45, 2.75) is 19.9 Å². The molecule has 1 aliphatic heterocycles. The summed E-state index contributed by atoms with van der Waals surface area (Å²) in [5.41, 5.74) is -0.230. The Hall–Kier alpha value is -4.12. The number of amides is 1. The van der Waals surface area contributed by atoms with Gasteiger partial charge in [-0.2, -0.15) is 0 Å². The first kappa shape index (κ1) is 24.5. The molecule has 1 aliphatic rings. The summed E-state index contributed by atoms with van der Waals surface area (Å²) in [6.07, 6.45) is 0. The van der Waals surface area contributed by atoms with Gasteiger partial charge in [0.15, 0.2) is 0 Å². The number of likely N-dealkylation sites (N-methyl/N-ethyl adjacent to an activating group) is 1. The molecule has 0 bridgehead atoms. The highest BCUT2D eigenvalue weighted by atomic mass is 16.6. The lowest BCUT2D eigenvalue weighted by atomic mass is 9.95. The Morgan fingerprint density at radius 1 is 1.00 bits per heavy atom. The predicted molar refractivity (Wildman–Crippen MR) is 123 cm³/mol. The molecule has 0 unspecified atom stereocenters. The van der Waals surface area contributed by atoms with Gasteiger partial charge in [-0.15, -0.1) is 0 Å². The monoisotopic (exact) mass is 468 g/mol. The van der Waals surface area contributed by atoms with E-state index in [1.54, 1.807) is 6.07 Å². The fourth-order valence-corrected chi connectivity index (χ4v) is 3.95. The maximum atomic E-state index is 13.0. The smallest absolute Gasteiger partial charge is 0.295 e. The van der Waals surface area contributed by atoms with Crippen molar-refractivity contribution in [1.82, 2.24) is 9.80 Å². The van der Waals surface area contributed by atoms with E-state index in [1.165, 1.54) is 47.4 Å². The number of hydrogen-bond acceptors (Lipinski definition) is 8. The van der Waals surface area contributed by atoms with Gasteiger partial charge in [-0.05, 0) is 30.8 Å². The number of nitrogens with zero attached hydrogens (tertiary/aromatic N) is 4. The van der Waals surface area contributed by atoms with Crippen molar-refractivity contribution in [2.75, 3.05) is 26.2 Å². The Balaban J connectivity index is 2.13. The summed E-state index contributed by atoms with van der Waals surface area (Å²) < 4.78 is 0. The third-order valence-corrected chi connectivity index (χ3v) is 5.84. The number of aliphatic hydroxyl groups excluding tert-OH is 1. The molecule has 1 fully saturated rings. The standard InChI is InChI=1S/C23H24N4O7/c1-3-24(4-2)12-13-25-20(16-6-5-7-18(14-16)27(33)34)19(22(29)23(25)30)21(28)15-8-10-17(11-9-15)26(31)32/h5-11,14,20,28H,3-4,12-13H2,1-2H3/t20-/m1/s1. The fraction of sp³-hybridized carbons (Fsp3) is 0.304. The van der Waals surface area contributed by atoms with E-state index < -0.39 is 33.3 Å². The van der Waals surface area contributed by atoms with E-state index in [9.17, 15) is 34.9 Å². The van der Waals surface area contributed by atoms with Gasteiger partial charge in [-0.1, -0.05) is 26.0 Å². The number of ketones is 1. The molecule has 34 heavy (non-hydrogen) atoms. The van der Waals surface area contributed by atoms with Crippen LogP contribution in [0, 0.1) is 20.2 Å². The Bertz CT molecular complexity index is 1160. The summed E-state index contributed by atoms with van der Waals surface area (Å²) in [5, 5.41) is 33.3. The molecule has 1 amide bonds. The fourth-order valence-electron chi connectivity index (χ4n) is 3.95. The molecule has 11 nitrogen and oxygen atoms in total. The number of nitro groups is 2. The normalized spacial score (nSPS) is 17.4. The predicted octanol–water partition coefficient (Wildman–Crippen LogP) is 3.27. The van der Waals surface area contributed by atoms with E-state index in [2.05, 4.69) is 4.90 Å². The highest BCUT2D eigenvalue weighted by molar-refractivity contribution is 6.46. The van der Waals surface area contributed by atoms with Gasteiger partial charge in [-0.25, -0.2) is 0 Å². The molecule has 0 aromatic heterocycles. The first-order valence-corrected chi connectivity index (χ1v) is 10.7. The van der Waals surface area contributed by atoms with Gasteiger partial charge in [-0.3, -0.25) is 29.8 Å². The summed E-state index contributed by atoms with van der Waals surface area (Å²) in [4.78, 5) is 50.5. The van der Waals surface area contributed by atoms with Crippen molar-refractivity contribution in [2.24, 2.45) is 0 Å². The van der Waals surface area contributed by atoms with E-state index in [-0.39, 0.29) is 29.1 Å². The Kier molecular flexibility index (Phi) is 7.37. The lowest BCUT2D eigenvalue weighted by Crippen LogP contribution is -2.38. The summed E-state index contributed by atoms with van der Waals surface area (Å²) in [6, 6.07) is 9.42. The van der Waals surface area contributed by atoms with Crippen LogP contribution in [-0.4, -0.2) is 62.6 Å². The van der Waals surface area contributed by atoms with Gasteiger partial charge in [0.05, 0.1) is 21.5 Å². The van der Waals surface area contributed by atoms with Crippen molar-refractivity contribution >= 4 is 28.8 Å². The Morgan fingerprint density at radius 2 is 1.62 bits per heavy atom. The third kappa shape index (κ3) is 4.79. The minimum absolute atomic E-state index is 0.114. The maximum Gasteiger partial charge on any atom is 0.295 e. The number of nitro benzene ring substituents is 2. The second kappa shape index (κ2) is 10.2. The minimum atomic E-state index is -1.05. The molecule has 0 saturated carbocycles. The van der Waals surface area contributed by atoms with Gasteiger partial charge in [0.25, 0.3) is 23.1 Å². The molecule has 2 aromatic rings. The average molecular weight is 468 g/mol. The first-order chi connectivity index (χ1) is 16.2. The first-order valence-electron chi connectivity index (χ1n) is 10.7. The average Bonchev–Trinajstić information content (AvgIpc) is 3.09. The molecule has 0 spiro atoms. The zero-order valence-electron chi connectivity index (χ0n) is 18.7. The molecule has 0 aliphatic carbocycles. The number of Topliss-reactive ketones (excluding diaryl/α,β-unsaturated/α-hetero) is 1. The molecule has 0 radical (unpaired) electrons. The van der Waals surface area contributed by atoms with E-state index in [4.69, 9.17) is 0 Å². The van der Waals surface area contributed by atoms with Gasteiger partial charge < -0.3 is 14.9 Å². The van der Waals surface area contributed by atoms with Crippen molar-refractivity contribution in [3.63, 3.8) is 0 Å². The quantitative estimate of drug-likeness (QED) is 0.194. The number of benzene rings is 2. The topological polar surface area (TPSA) is 147 Å². The zero-order chi connectivity index (χ0) is 25.0. The molecule has 178 valence electrons. The van der Waals surface area contributed by atoms with E-state index >= 15 is 0 Å². The number of likely N-dealkylation sites (tertiary alicyclic amines) is 1. The second-order valence-corrected chi connectivity index (χ2v) is 7.68. The van der Waals surface area contributed by atoms with Crippen molar-refractivity contribution in [3.05, 3.63) is 85.5 Å². The summed E-state index contributed by atoms with van der Waals surface area (Å²) in [5.74, 6) is -2.26. The molecular formula is C23H24N4O7. The summed E-state index contributed by atoms with van der Waals surface area (Å²) >= 11 is 0. The van der Waals surface area contributed by atoms with Crippen LogP contribution in [0.3, 0.4) is 0 Å². The Morgan fingerprint density at radius 3 is 2.18 bits per heavy atom. The molecule has 11 heteroatoms. The van der Waals surface area contributed by atoms with Crippen molar-refractivity contribution < 1.29 is 24.5 Å². The van der Waals surface area contributed by atoms with Gasteiger partial charge >= 0.3 is 0 Å².